The number of hydrogen-bond donors (Lipinski definition) is 1. The molecular weight excluding hydrogens is 264 g/mol. The van der Waals surface area contributed by atoms with Crippen molar-refractivity contribution in [2.45, 2.75) is 40.2 Å². The number of hydrogen-bond acceptors (Lipinski definition) is 5. The molecule has 0 fully saturated rings. The van der Waals surface area contributed by atoms with Crippen LogP contribution in [0.5, 0.6) is 0 Å². The van der Waals surface area contributed by atoms with Crippen molar-refractivity contribution in [1.82, 2.24) is 9.97 Å². The maximum absolute atomic E-state index is 5.44. The normalized spacial score (nSPS) is 10.9. The molecule has 0 atom stereocenters. The van der Waals surface area contributed by atoms with Gasteiger partial charge < -0.3 is 14.6 Å². The highest BCUT2D eigenvalue weighted by atomic mass is 16.3. The van der Waals surface area contributed by atoms with E-state index in [2.05, 4.69) is 42.9 Å². The smallest absolute Gasteiger partial charge is 0.135 e. The second-order valence-corrected chi connectivity index (χ2v) is 5.25. The maximum Gasteiger partial charge on any atom is 0.135 e. The van der Waals surface area contributed by atoms with Crippen LogP contribution in [0.3, 0.4) is 0 Å². The number of nitrogens with one attached hydrogen (secondary N) is 1. The van der Waals surface area contributed by atoms with Gasteiger partial charge in [-0.05, 0) is 26.0 Å². The second kappa shape index (κ2) is 7.11. The first-order chi connectivity index (χ1) is 10.1. The average Bonchev–Trinajstić information content (AvgIpc) is 2.97. The Kier molecular flexibility index (Phi) is 5.20. The van der Waals surface area contributed by atoms with Crippen LogP contribution in [0.2, 0.25) is 0 Å². The van der Waals surface area contributed by atoms with Gasteiger partial charge in [0.05, 0.1) is 12.8 Å². The summed E-state index contributed by atoms with van der Waals surface area (Å²) in [5.74, 6) is 3.91. The minimum absolute atomic E-state index is 0.296. The number of rotatable bonds is 7. The van der Waals surface area contributed by atoms with Crippen molar-refractivity contribution in [1.29, 1.82) is 0 Å². The summed E-state index contributed by atoms with van der Waals surface area (Å²) in [6.45, 7) is 10.8. The lowest BCUT2D eigenvalue weighted by Crippen LogP contribution is -2.24. The van der Waals surface area contributed by atoms with E-state index in [1.165, 1.54) is 0 Å². The van der Waals surface area contributed by atoms with E-state index in [0.717, 1.165) is 36.3 Å². The summed E-state index contributed by atoms with van der Waals surface area (Å²) >= 11 is 0. The second-order valence-electron chi connectivity index (χ2n) is 5.25. The van der Waals surface area contributed by atoms with E-state index in [9.17, 15) is 0 Å². The van der Waals surface area contributed by atoms with Crippen molar-refractivity contribution in [3.05, 3.63) is 36.0 Å². The minimum Gasteiger partial charge on any atom is -0.467 e. The van der Waals surface area contributed by atoms with Crippen LogP contribution in [-0.2, 0) is 6.54 Å². The van der Waals surface area contributed by atoms with Crippen molar-refractivity contribution in [2.24, 2.45) is 0 Å². The number of anilines is 2. The summed E-state index contributed by atoms with van der Waals surface area (Å²) in [7, 11) is 0. The predicted octanol–water partition coefficient (Wildman–Crippen LogP) is 3.65. The Morgan fingerprint density at radius 1 is 1.29 bits per heavy atom. The molecule has 2 aromatic heterocycles. The van der Waals surface area contributed by atoms with Crippen LogP contribution in [0.25, 0.3) is 0 Å². The molecule has 2 rings (SSSR count). The third-order valence-electron chi connectivity index (χ3n) is 3.24. The maximum atomic E-state index is 5.44. The number of furan rings is 1. The Balaban J connectivity index is 2.30. The van der Waals surface area contributed by atoms with E-state index >= 15 is 0 Å². The Morgan fingerprint density at radius 2 is 2.10 bits per heavy atom. The van der Waals surface area contributed by atoms with E-state index in [4.69, 9.17) is 9.40 Å². The lowest BCUT2D eigenvalue weighted by Gasteiger charge is -2.22. The van der Waals surface area contributed by atoms with Gasteiger partial charge in [0.25, 0.3) is 0 Å². The Morgan fingerprint density at radius 3 is 2.67 bits per heavy atom. The fraction of sp³-hybridized carbons (Fsp3) is 0.500. The molecule has 114 valence electrons. The summed E-state index contributed by atoms with van der Waals surface area (Å²) < 4.78 is 5.44. The molecule has 1 N–H and O–H groups in total. The van der Waals surface area contributed by atoms with Gasteiger partial charge in [-0.3, -0.25) is 0 Å². The highest BCUT2D eigenvalue weighted by molar-refractivity contribution is 5.49. The first kappa shape index (κ1) is 15.4. The zero-order chi connectivity index (χ0) is 15.2. The van der Waals surface area contributed by atoms with Crippen LogP contribution in [0.4, 0.5) is 11.6 Å². The standard InChI is InChI=1S/C16H24N4O/c1-5-17-14-10-15(19-16(18-14)12(3)4)20(6-2)11-13-8-7-9-21-13/h7-10,12H,5-6,11H2,1-4H3,(H,17,18,19). The fourth-order valence-corrected chi connectivity index (χ4v) is 2.09. The van der Waals surface area contributed by atoms with E-state index in [1.54, 1.807) is 6.26 Å². The van der Waals surface area contributed by atoms with Crippen LogP contribution in [0.1, 0.15) is 45.2 Å². The summed E-state index contributed by atoms with van der Waals surface area (Å²) in [6.07, 6.45) is 1.70. The predicted molar refractivity (Wildman–Crippen MR) is 85.7 cm³/mol. The topological polar surface area (TPSA) is 54.2 Å². The molecule has 0 unspecified atom stereocenters. The summed E-state index contributed by atoms with van der Waals surface area (Å²) in [5.41, 5.74) is 0. The molecule has 0 bridgehead atoms. The molecule has 0 saturated heterocycles. The highest BCUT2D eigenvalue weighted by Gasteiger charge is 2.13. The van der Waals surface area contributed by atoms with Crippen LogP contribution in [-0.4, -0.2) is 23.1 Å². The highest BCUT2D eigenvalue weighted by Crippen LogP contribution is 2.21. The molecule has 2 aromatic rings. The molecular formula is C16H24N4O. The van der Waals surface area contributed by atoms with E-state index in [0.29, 0.717) is 12.5 Å². The molecule has 0 aliphatic rings. The first-order valence-electron chi connectivity index (χ1n) is 7.54. The zero-order valence-corrected chi connectivity index (χ0v) is 13.3. The van der Waals surface area contributed by atoms with Gasteiger partial charge in [0.15, 0.2) is 0 Å². The zero-order valence-electron chi connectivity index (χ0n) is 13.3. The van der Waals surface area contributed by atoms with Crippen LogP contribution >= 0.6 is 0 Å². The molecule has 0 radical (unpaired) electrons. The van der Waals surface area contributed by atoms with E-state index in [1.807, 2.05) is 18.2 Å². The van der Waals surface area contributed by atoms with Gasteiger partial charge in [0.2, 0.25) is 0 Å². The number of nitrogens with zero attached hydrogens (tertiary/aromatic N) is 3. The van der Waals surface area contributed by atoms with Crippen molar-refractivity contribution >= 4 is 11.6 Å². The van der Waals surface area contributed by atoms with Gasteiger partial charge in [-0.15, -0.1) is 0 Å². The summed E-state index contributed by atoms with van der Waals surface area (Å²) in [6, 6.07) is 5.90. The summed E-state index contributed by atoms with van der Waals surface area (Å²) in [5, 5.41) is 3.28. The Labute approximate surface area is 126 Å². The molecule has 5 heteroatoms. The van der Waals surface area contributed by atoms with Crippen LogP contribution in [0.15, 0.2) is 28.9 Å². The Bertz CT molecular complexity index is 551. The molecule has 5 nitrogen and oxygen atoms in total. The SMILES string of the molecule is CCNc1cc(N(CC)Cc2ccco2)nc(C(C)C)n1. The third-order valence-corrected chi connectivity index (χ3v) is 3.24. The third kappa shape index (κ3) is 3.97. The molecule has 0 aliphatic carbocycles. The van der Waals surface area contributed by atoms with Gasteiger partial charge in [-0.2, -0.15) is 0 Å². The van der Waals surface area contributed by atoms with Crippen LogP contribution < -0.4 is 10.2 Å². The summed E-state index contributed by atoms with van der Waals surface area (Å²) in [4.78, 5) is 11.5. The lowest BCUT2D eigenvalue weighted by atomic mass is 10.2. The van der Waals surface area contributed by atoms with Gasteiger partial charge in [0.1, 0.15) is 23.2 Å². The van der Waals surface area contributed by atoms with Gasteiger partial charge >= 0.3 is 0 Å². The molecule has 0 saturated carbocycles. The number of aromatic nitrogens is 2. The van der Waals surface area contributed by atoms with Crippen molar-refractivity contribution in [3.63, 3.8) is 0 Å². The minimum atomic E-state index is 0.296. The van der Waals surface area contributed by atoms with Crippen molar-refractivity contribution in [3.8, 4) is 0 Å². The first-order valence-corrected chi connectivity index (χ1v) is 7.54. The average molecular weight is 288 g/mol. The van der Waals surface area contributed by atoms with E-state index < -0.39 is 0 Å². The molecule has 0 amide bonds. The van der Waals surface area contributed by atoms with Gasteiger partial charge in [-0.25, -0.2) is 9.97 Å². The van der Waals surface area contributed by atoms with Gasteiger partial charge in [0, 0.05) is 25.1 Å². The Hall–Kier alpha value is -2.04. The molecule has 2 heterocycles. The lowest BCUT2D eigenvalue weighted by molar-refractivity contribution is 0.502. The largest absolute Gasteiger partial charge is 0.467 e. The quantitative estimate of drug-likeness (QED) is 0.842. The molecule has 0 aliphatic heterocycles. The van der Waals surface area contributed by atoms with Gasteiger partial charge in [-0.1, -0.05) is 13.8 Å². The van der Waals surface area contributed by atoms with Crippen molar-refractivity contribution in [2.75, 3.05) is 23.3 Å². The van der Waals surface area contributed by atoms with Crippen molar-refractivity contribution < 1.29 is 4.42 Å². The monoisotopic (exact) mass is 288 g/mol. The molecule has 0 spiro atoms. The molecule has 0 aromatic carbocycles. The van der Waals surface area contributed by atoms with E-state index in [-0.39, 0.29) is 0 Å². The van der Waals surface area contributed by atoms with Crippen LogP contribution in [0, 0.1) is 0 Å². The fourth-order valence-electron chi connectivity index (χ4n) is 2.09. The molecule has 21 heavy (non-hydrogen) atoms.